The molecule has 0 aliphatic carbocycles. The van der Waals surface area contributed by atoms with Crippen LogP contribution < -0.4 is 5.32 Å². The summed E-state index contributed by atoms with van der Waals surface area (Å²) in [6, 6.07) is 0. The second-order valence-electron chi connectivity index (χ2n) is 4.21. The minimum Gasteiger partial charge on any atom is -0.445 e. The SMILES string of the molecule is COCCNCCc1ncc(C2CCOC2)o1. The normalized spacial score (nSPS) is 19.9. The number of methoxy groups -OCH3 is 1. The number of oxazole rings is 1. The van der Waals surface area contributed by atoms with Gasteiger partial charge in [0.05, 0.1) is 19.4 Å². The fourth-order valence-electron chi connectivity index (χ4n) is 1.88. The Bertz CT molecular complexity index is 321. The van der Waals surface area contributed by atoms with Crippen LogP contribution in [0.5, 0.6) is 0 Å². The van der Waals surface area contributed by atoms with Crippen molar-refractivity contribution in [2.75, 3.05) is 40.0 Å². The molecule has 5 heteroatoms. The summed E-state index contributed by atoms with van der Waals surface area (Å²) >= 11 is 0. The Morgan fingerprint density at radius 2 is 2.47 bits per heavy atom. The molecule has 96 valence electrons. The van der Waals surface area contributed by atoms with Crippen molar-refractivity contribution in [2.45, 2.75) is 18.8 Å². The minimum absolute atomic E-state index is 0.401. The standard InChI is InChI=1S/C12H20N2O3/c1-15-7-5-13-4-2-12-14-8-11(17-12)10-3-6-16-9-10/h8,10,13H,2-7,9H2,1H3. The summed E-state index contributed by atoms with van der Waals surface area (Å²) in [5, 5.41) is 3.26. The average Bonchev–Trinajstić information content (AvgIpc) is 2.99. The van der Waals surface area contributed by atoms with Gasteiger partial charge in [-0.3, -0.25) is 0 Å². The number of nitrogens with one attached hydrogen (secondary N) is 1. The van der Waals surface area contributed by atoms with Gasteiger partial charge < -0.3 is 19.2 Å². The molecule has 1 aliphatic heterocycles. The van der Waals surface area contributed by atoms with Crippen molar-refractivity contribution in [1.82, 2.24) is 10.3 Å². The number of rotatable bonds is 7. The molecular formula is C12H20N2O3. The topological polar surface area (TPSA) is 56.5 Å². The van der Waals surface area contributed by atoms with Crippen molar-refractivity contribution < 1.29 is 13.9 Å². The third kappa shape index (κ3) is 3.80. The second kappa shape index (κ2) is 6.74. The number of hydrogen-bond acceptors (Lipinski definition) is 5. The average molecular weight is 240 g/mol. The highest BCUT2D eigenvalue weighted by atomic mass is 16.5. The molecule has 1 saturated heterocycles. The molecule has 0 aromatic carbocycles. The third-order valence-electron chi connectivity index (χ3n) is 2.90. The van der Waals surface area contributed by atoms with E-state index in [0.717, 1.165) is 57.4 Å². The van der Waals surface area contributed by atoms with Crippen LogP contribution in [0.25, 0.3) is 0 Å². The lowest BCUT2D eigenvalue weighted by atomic mass is 10.1. The van der Waals surface area contributed by atoms with E-state index in [1.54, 1.807) is 7.11 Å². The van der Waals surface area contributed by atoms with E-state index < -0.39 is 0 Å². The van der Waals surface area contributed by atoms with Gasteiger partial charge in [0.25, 0.3) is 0 Å². The summed E-state index contributed by atoms with van der Waals surface area (Å²) in [7, 11) is 1.70. The Balaban J connectivity index is 1.70. The first-order valence-corrected chi connectivity index (χ1v) is 6.12. The molecule has 1 aromatic rings. The van der Waals surface area contributed by atoms with E-state index >= 15 is 0 Å². The highest BCUT2D eigenvalue weighted by Crippen LogP contribution is 2.25. The van der Waals surface area contributed by atoms with Gasteiger partial charge in [-0.15, -0.1) is 0 Å². The van der Waals surface area contributed by atoms with E-state index in [1.807, 2.05) is 6.20 Å². The number of nitrogens with zero attached hydrogens (tertiary/aromatic N) is 1. The van der Waals surface area contributed by atoms with E-state index in [4.69, 9.17) is 13.9 Å². The molecule has 0 radical (unpaired) electrons. The van der Waals surface area contributed by atoms with Gasteiger partial charge in [-0.1, -0.05) is 0 Å². The van der Waals surface area contributed by atoms with E-state index in [-0.39, 0.29) is 0 Å². The zero-order valence-electron chi connectivity index (χ0n) is 10.3. The maximum atomic E-state index is 5.71. The summed E-state index contributed by atoms with van der Waals surface area (Å²) in [4.78, 5) is 4.29. The first kappa shape index (κ1) is 12.5. The lowest BCUT2D eigenvalue weighted by molar-refractivity contribution is 0.191. The van der Waals surface area contributed by atoms with Gasteiger partial charge >= 0.3 is 0 Å². The quantitative estimate of drug-likeness (QED) is 0.719. The Morgan fingerprint density at radius 3 is 3.24 bits per heavy atom. The van der Waals surface area contributed by atoms with Crippen molar-refractivity contribution in [3.05, 3.63) is 17.8 Å². The summed E-state index contributed by atoms with van der Waals surface area (Å²) in [6.07, 6.45) is 3.70. The Kier molecular flexibility index (Phi) is 4.97. The van der Waals surface area contributed by atoms with E-state index in [2.05, 4.69) is 10.3 Å². The van der Waals surface area contributed by atoms with Gasteiger partial charge in [0.15, 0.2) is 5.89 Å². The van der Waals surface area contributed by atoms with Gasteiger partial charge in [0.2, 0.25) is 0 Å². The van der Waals surface area contributed by atoms with E-state index in [0.29, 0.717) is 5.92 Å². The Hall–Kier alpha value is -0.910. The van der Waals surface area contributed by atoms with Crippen LogP contribution in [0.4, 0.5) is 0 Å². The monoisotopic (exact) mass is 240 g/mol. The van der Waals surface area contributed by atoms with Crippen LogP contribution in [0.1, 0.15) is 24.0 Å². The predicted molar refractivity (Wildman–Crippen MR) is 63.1 cm³/mol. The van der Waals surface area contributed by atoms with Gasteiger partial charge in [-0.05, 0) is 6.42 Å². The fourth-order valence-corrected chi connectivity index (χ4v) is 1.88. The number of ether oxygens (including phenoxy) is 2. The van der Waals surface area contributed by atoms with Gasteiger partial charge in [-0.25, -0.2) is 4.98 Å². The molecule has 17 heavy (non-hydrogen) atoms. The molecule has 1 unspecified atom stereocenters. The van der Waals surface area contributed by atoms with Crippen molar-refractivity contribution in [3.8, 4) is 0 Å². The second-order valence-corrected chi connectivity index (χ2v) is 4.21. The molecule has 1 aromatic heterocycles. The van der Waals surface area contributed by atoms with Crippen LogP contribution in [-0.4, -0.2) is 45.0 Å². The Labute approximate surface area is 102 Å². The lowest BCUT2D eigenvalue weighted by Gasteiger charge is -2.02. The van der Waals surface area contributed by atoms with E-state index in [1.165, 1.54) is 0 Å². The molecule has 0 amide bonds. The Morgan fingerprint density at radius 1 is 1.53 bits per heavy atom. The lowest BCUT2D eigenvalue weighted by Crippen LogP contribution is -2.21. The third-order valence-corrected chi connectivity index (χ3v) is 2.90. The molecule has 0 bridgehead atoms. The molecule has 1 N–H and O–H groups in total. The molecule has 0 spiro atoms. The predicted octanol–water partition coefficient (Wildman–Crippen LogP) is 0.957. The van der Waals surface area contributed by atoms with Crippen LogP contribution in [0.3, 0.4) is 0 Å². The minimum atomic E-state index is 0.401. The van der Waals surface area contributed by atoms with Gasteiger partial charge in [0, 0.05) is 39.1 Å². The number of aromatic nitrogens is 1. The molecule has 1 fully saturated rings. The molecule has 5 nitrogen and oxygen atoms in total. The summed E-state index contributed by atoms with van der Waals surface area (Å²) in [5.41, 5.74) is 0. The summed E-state index contributed by atoms with van der Waals surface area (Å²) in [5.74, 6) is 2.17. The van der Waals surface area contributed by atoms with Gasteiger partial charge in [0.1, 0.15) is 5.76 Å². The number of hydrogen-bond donors (Lipinski definition) is 1. The highest BCUT2D eigenvalue weighted by Gasteiger charge is 2.21. The van der Waals surface area contributed by atoms with Crippen LogP contribution in [0.2, 0.25) is 0 Å². The smallest absolute Gasteiger partial charge is 0.195 e. The fraction of sp³-hybridized carbons (Fsp3) is 0.750. The first-order valence-electron chi connectivity index (χ1n) is 6.12. The zero-order valence-corrected chi connectivity index (χ0v) is 10.3. The molecule has 2 heterocycles. The van der Waals surface area contributed by atoms with Crippen LogP contribution in [0.15, 0.2) is 10.6 Å². The molecule has 0 saturated carbocycles. The summed E-state index contributed by atoms with van der Waals surface area (Å²) < 4.78 is 16.0. The maximum Gasteiger partial charge on any atom is 0.195 e. The molecule has 1 aliphatic rings. The summed E-state index contributed by atoms with van der Waals surface area (Å²) in [6.45, 7) is 4.06. The van der Waals surface area contributed by atoms with Crippen molar-refractivity contribution >= 4 is 0 Å². The van der Waals surface area contributed by atoms with Crippen LogP contribution in [-0.2, 0) is 15.9 Å². The maximum absolute atomic E-state index is 5.71. The largest absolute Gasteiger partial charge is 0.445 e. The zero-order chi connectivity index (χ0) is 11.9. The van der Waals surface area contributed by atoms with Crippen molar-refractivity contribution in [2.24, 2.45) is 0 Å². The van der Waals surface area contributed by atoms with Crippen LogP contribution >= 0.6 is 0 Å². The van der Waals surface area contributed by atoms with Crippen molar-refractivity contribution in [3.63, 3.8) is 0 Å². The first-order chi connectivity index (χ1) is 8.40. The molecule has 2 rings (SSSR count). The molecular weight excluding hydrogens is 220 g/mol. The van der Waals surface area contributed by atoms with Crippen molar-refractivity contribution in [1.29, 1.82) is 0 Å². The molecule has 1 atom stereocenters. The van der Waals surface area contributed by atoms with Crippen LogP contribution in [0, 0.1) is 0 Å². The van der Waals surface area contributed by atoms with Gasteiger partial charge in [-0.2, -0.15) is 0 Å². The highest BCUT2D eigenvalue weighted by molar-refractivity contribution is 5.03. The van der Waals surface area contributed by atoms with E-state index in [9.17, 15) is 0 Å².